The summed E-state index contributed by atoms with van der Waals surface area (Å²) in [6.07, 6.45) is 2.16. The second-order valence-corrected chi connectivity index (χ2v) is 6.02. The van der Waals surface area contributed by atoms with Crippen LogP contribution >= 0.6 is 11.6 Å². The van der Waals surface area contributed by atoms with Crippen LogP contribution in [-0.4, -0.2) is 42.3 Å². The Morgan fingerprint density at radius 1 is 1.45 bits per heavy atom. The Morgan fingerprint density at radius 3 is 2.55 bits per heavy atom. The van der Waals surface area contributed by atoms with Crippen molar-refractivity contribution in [2.75, 3.05) is 20.2 Å². The van der Waals surface area contributed by atoms with Crippen LogP contribution < -0.4 is 5.32 Å². The zero-order valence-electron chi connectivity index (χ0n) is 11.9. The van der Waals surface area contributed by atoms with Crippen LogP contribution in [0.3, 0.4) is 0 Å². The lowest BCUT2D eigenvalue weighted by Crippen LogP contribution is -2.45. The summed E-state index contributed by atoms with van der Waals surface area (Å²) in [6.45, 7) is 2.40. The van der Waals surface area contributed by atoms with Crippen LogP contribution in [0.2, 0.25) is 5.02 Å². The molecule has 1 fully saturated rings. The molecule has 20 heavy (non-hydrogen) atoms. The number of hydrogen-bond donors (Lipinski definition) is 2. The monoisotopic (exact) mass is 296 g/mol. The lowest BCUT2D eigenvalue weighted by atomic mass is 9.96. The Kier molecular flexibility index (Phi) is 4.55. The van der Waals surface area contributed by atoms with Crippen molar-refractivity contribution in [2.24, 2.45) is 0 Å². The molecular weight excluding hydrogens is 276 g/mol. The van der Waals surface area contributed by atoms with Gasteiger partial charge in [-0.05, 0) is 37.5 Å². The van der Waals surface area contributed by atoms with Crippen LogP contribution in [0.5, 0.6) is 0 Å². The highest BCUT2D eigenvalue weighted by Gasteiger charge is 2.44. The molecular formula is C15H21ClN2O2. The smallest absolute Gasteiger partial charge is 0.317 e. The molecule has 0 aromatic heterocycles. The van der Waals surface area contributed by atoms with Gasteiger partial charge in [-0.15, -0.1) is 0 Å². The zero-order valence-corrected chi connectivity index (χ0v) is 12.7. The molecule has 2 N–H and O–H groups in total. The summed E-state index contributed by atoms with van der Waals surface area (Å²) < 4.78 is 0. The van der Waals surface area contributed by atoms with E-state index in [1.165, 1.54) is 10.5 Å². The number of nitrogens with zero attached hydrogens (tertiary/aromatic N) is 1. The van der Waals surface area contributed by atoms with Gasteiger partial charge in [-0.1, -0.05) is 23.7 Å². The molecule has 1 aliphatic rings. The fourth-order valence-electron chi connectivity index (χ4n) is 2.21. The van der Waals surface area contributed by atoms with Gasteiger partial charge in [0.1, 0.15) is 0 Å². The first-order valence-electron chi connectivity index (χ1n) is 6.86. The molecule has 1 unspecified atom stereocenters. The van der Waals surface area contributed by atoms with Crippen LogP contribution in [0.1, 0.15) is 25.3 Å². The van der Waals surface area contributed by atoms with Gasteiger partial charge in [0.15, 0.2) is 0 Å². The number of urea groups is 1. The Hall–Kier alpha value is -1.26. The topological polar surface area (TPSA) is 52.6 Å². The van der Waals surface area contributed by atoms with Gasteiger partial charge < -0.3 is 15.3 Å². The number of benzene rings is 1. The number of nitrogens with one attached hydrogen (secondary N) is 1. The maximum atomic E-state index is 12.0. The summed E-state index contributed by atoms with van der Waals surface area (Å²) >= 11 is 5.90. The number of carbonyl (C=O) groups is 1. The zero-order chi connectivity index (χ0) is 14.8. The minimum atomic E-state index is -0.180. The number of rotatable bonds is 5. The molecule has 0 spiro atoms. The van der Waals surface area contributed by atoms with Gasteiger partial charge >= 0.3 is 6.03 Å². The average Bonchev–Trinajstić information content (AvgIpc) is 3.25. The lowest BCUT2D eigenvalue weighted by Gasteiger charge is -2.25. The van der Waals surface area contributed by atoms with Crippen molar-refractivity contribution in [3.05, 3.63) is 34.9 Å². The van der Waals surface area contributed by atoms with Crippen molar-refractivity contribution in [2.45, 2.75) is 31.2 Å². The lowest BCUT2D eigenvalue weighted by molar-refractivity contribution is 0.157. The normalized spacial score (nSPS) is 17.4. The third kappa shape index (κ3) is 3.25. The molecule has 110 valence electrons. The van der Waals surface area contributed by atoms with Crippen molar-refractivity contribution in [1.29, 1.82) is 0 Å². The summed E-state index contributed by atoms with van der Waals surface area (Å²) in [5.41, 5.74) is 1.28. The van der Waals surface area contributed by atoms with Gasteiger partial charge in [0.25, 0.3) is 0 Å². The first-order valence-corrected chi connectivity index (χ1v) is 7.24. The number of aliphatic hydroxyl groups is 1. The Balaban J connectivity index is 1.93. The van der Waals surface area contributed by atoms with E-state index >= 15 is 0 Å². The first-order chi connectivity index (χ1) is 9.48. The minimum absolute atomic E-state index is 0.0355. The highest BCUT2D eigenvalue weighted by Crippen LogP contribution is 2.47. The van der Waals surface area contributed by atoms with Gasteiger partial charge in [0.05, 0.1) is 12.6 Å². The summed E-state index contributed by atoms with van der Waals surface area (Å²) in [5, 5.41) is 12.7. The molecule has 5 heteroatoms. The van der Waals surface area contributed by atoms with Crippen LogP contribution in [0.15, 0.2) is 24.3 Å². The van der Waals surface area contributed by atoms with Crippen LogP contribution in [0.25, 0.3) is 0 Å². The Labute approximate surface area is 124 Å². The van der Waals surface area contributed by atoms with Crippen molar-refractivity contribution in [3.63, 3.8) is 0 Å². The van der Waals surface area contributed by atoms with Crippen molar-refractivity contribution in [3.8, 4) is 0 Å². The molecule has 0 radical (unpaired) electrons. The first kappa shape index (κ1) is 15.1. The summed E-state index contributed by atoms with van der Waals surface area (Å²) in [5.74, 6) is 0. The minimum Gasteiger partial charge on any atom is -0.394 e. The van der Waals surface area contributed by atoms with E-state index in [1.54, 1.807) is 7.05 Å². The summed E-state index contributed by atoms with van der Waals surface area (Å²) in [4.78, 5) is 13.5. The Bertz CT molecular complexity index is 471. The summed E-state index contributed by atoms with van der Waals surface area (Å²) in [7, 11) is 1.69. The molecule has 1 aromatic rings. The van der Waals surface area contributed by atoms with E-state index in [1.807, 2.05) is 31.2 Å². The second-order valence-electron chi connectivity index (χ2n) is 5.59. The SMILES string of the molecule is CC(CO)N(C)C(=O)NCC1(c2ccc(Cl)cc2)CC1. The van der Waals surface area contributed by atoms with Crippen molar-refractivity contribution >= 4 is 17.6 Å². The quantitative estimate of drug-likeness (QED) is 0.876. The van der Waals surface area contributed by atoms with E-state index < -0.39 is 0 Å². The largest absolute Gasteiger partial charge is 0.394 e. The predicted octanol–water partition coefficient (Wildman–Crippen LogP) is 2.39. The molecule has 0 heterocycles. The number of likely N-dealkylation sites (N-methyl/N-ethyl adjacent to an activating group) is 1. The van der Waals surface area contributed by atoms with E-state index in [2.05, 4.69) is 5.32 Å². The number of aliphatic hydroxyl groups excluding tert-OH is 1. The molecule has 2 rings (SSSR count). The van der Waals surface area contributed by atoms with Gasteiger partial charge in [0.2, 0.25) is 0 Å². The van der Waals surface area contributed by atoms with Gasteiger partial charge in [0, 0.05) is 24.0 Å². The van der Waals surface area contributed by atoms with Crippen LogP contribution in [0.4, 0.5) is 4.79 Å². The predicted molar refractivity (Wildman–Crippen MR) is 80.1 cm³/mol. The number of amides is 2. The maximum Gasteiger partial charge on any atom is 0.317 e. The molecule has 0 aliphatic heterocycles. The van der Waals surface area contributed by atoms with Gasteiger partial charge in [-0.2, -0.15) is 0 Å². The molecule has 0 bridgehead atoms. The van der Waals surface area contributed by atoms with Gasteiger partial charge in [-0.3, -0.25) is 0 Å². The molecule has 0 saturated heterocycles. The number of hydrogen-bond acceptors (Lipinski definition) is 2. The Morgan fingerprint density at radius 2 is 2.05 bits per heavy atom. The highest BCUT2D eigenvalue weighted by molar-refractivity contribution is 6.30. The fourth-order valence-corrected chi connectivity index (χ4v) is 2.34. The standard InChI is InChI=1S/C15H21ClN2O2/c1-11(9-19)18(2)14(20)17-10-15(7-8-15)12-3-5-13(16)6-4-12/h3-6,11,19H,7-10H2,1-2H3,(H,17,20). The molecule has 2 amide bonds. The van der Waals surface area contributed by atoms with E-state index in [-0.39, 0.29) is 24.1 Å². The van der Waals surface area contributed by atoms with Crippen molar-refractivity contribution in [1.82, 2.24) is 10.2 Å². The van der Waals surface area contributed by atoms with E-state index in [0.29, 0.717) is 6.54 Å². The highest BCUT2D eigenvalue weighted by atomic mass is 35.5. The summed E-state index contributed by atoms with van der Waals surface area (Å²) in [6, 6.07) is 7.51. The van der Waals surface area contributed by atoms with Gasteiger partial charge in [-0.25, -0.2) is 4.79 Å². The molecule has 1 aliphatic carbocycles. The van der Waals surface area contributed by atoms with Crippen LogP contribution in [0, 0.1) is 0 Å². The molecule has 4 nitrogen and oxygen atoms in total. The number of halogens is 1. The van der Waals surface area contributed by atoms with E-state index in [9.17, 15) is 4.79 Å². The number of carbonyl (C=O) groups excluding carboxylic acids is 1. The molecule has 1 saturated carbocycles. The third-order valence-corrected chi connectivity index (χ3v) is 4.39. The van der Waals surface area contributed by atoms with E-state index in [4.69, 9.17) is 16.7 Å². The fraction of sp³-hybridized carbons (Fsp3) is 0.533. The third-order valence-electron chi connectivity index (χ3n) is 4.13. The van der Waals surface area contributed by atoms with Crippen molar-refractivity contribution < 1.29 is 9.90 Å². The second kappa shape index (κ2) is 6.02. The van der Waals surface area contributed by atoms with E-state index in [0.717, 1.165) is 17.9 Å². The molecule has 1 atom stereocenters. The average molecular weight is 297 g/mol. The molecule has 1 aromatic carbocycles. The maximum absolute atomic E-state index is 12.0. The van der Waals surface area contributed by atoms with Crippen LogP contribution in [-0.2, 0) is 5.41 Å².